The zero-order valence-corrected chi connectivity index (χ0v) is 14.9. The summed E-state index contributed by atoms with van der Waals surface area (Å²) in [6, 6.07) is 0. The van der Waals surface area contributed by atoms with E-state index < -0.39 is 0 Å². The monoisotopic (exact) mass is 321 g/mol. The molecule has 0 saturated heterocycles. The Bertz CT molecular complexity index is 491. The van der Waals surface area contributed by atoms with Crippen molar-refractivity contribution in [2.75, 3.05) is 25.9 Å². The van der Waals surface area contributed by atoms with Crippen LogP contribution in [0.25, 0.3) is 0 Å². The number of allylic oxidation sites excluding steroid dienone is 2. The lowest BCUT2D eigenvalue weighted by Gasteiger charge is -2.13. The minimum absolute atomic E-state index is 0.927. The highest BCUT2D eigenvalue weighted by molar-refractivity contribution is 8.14. The van der Waals surface area contributed by atoms with Crippen molar-refractivity contribution < 1.29 is 0 Å². The van der Waals surface area contributed by atoms with Crippen molar-refractivity contribution in [1.29, 1.82) is 0 Å². The summed E-state index contributed by atoms with van der Waals surface area (Å²) in [7, 11) is 1.90. The average Bonchev–Trinajstić information content (AvgIpc) is 2.99. The molecule has 0 unspecified atom stereocenters. The number of hydrogen-bond acceptors (Lipinski definition) is 6. The van der Waals surface area contributed by atoms with Crippen LogP contribution in [-0.4, -0.2) is 48.4 Å². The topological polar surface area (TPSA) is 52.3 Å². The van der Waals surface area contributed by atoms with Crippen molar-refractivity contribution in [1.82, 2.24) is 10.3 Å². The lowest BCUT2D eigenvalue weighted by Crippen LogP contribution is -2.20. The largest absolute Gasteiger partial charge is 0.316 e. The fourth-order valence-corrected chi connectivity index (χ4v) is 2.83. The first kappa shape index (κ1) is 18.6. The van der Waals surface area contributed by atoms with E-state index in [2.05, 4.69) is 34.0 Å². The van der Waals surface area contributed by atoms with E-state index in [1.807, 2.05) is 44.9 Å². The molecule has 1 aliphatic heterocycles. The molecule has 122 valence electrons. The van der Waals surface area contributed by atoms with Gasteiger partial charge in [-0.25, -0.2) is 4.99 Å². The third-order valence-electron chi connectivity index (χ3n) is 3.37. The zero-order valence-electron chi connectivity index (χ0n) is 14.1. The van der Waals surface area contributed by atoms with E-state index in [1.165, 1.54) is 5.04 Å². The molecule has 22 heavy (non-hydrogen) atoms. The molecule has 0 spiro atoms. The molecule has 0 bridgehead atoms. The van der Waals surface area contributed by atoms with Crippen LogP contribution in [0.4, 0.5) is 0 Å². The number of hydrogen-bond donors (Lipinski definition) is 1. The quantitative estimate of drug-likeness (QED) is 0.403. The summed E-state index contributed by atoms with van der Waals surface area (Å²) < 4.78 is 0. The Morgan fingerprint density at radius 2 is 2.23 bits per heavy atom. The minimum Gasteiger partial charge on any atom is -0.316 e. The van der Waals surface area contributed by atoms with Crippen LogP contribution >= 0.6 is 11.8 Å². The van der Waals surface area contributed by atoms with Crippen LogP contribution in [0.5, 0.6) is 0 Å². The summed E-state index contributed by atoms with van der Waals surface area (Å²) in [6.07, 6.45) is 5.73. The van der Waals surface area contributed by atoms with Crippen molar-refractivity contribution >= 4 is 29.2 Å². The number of rotatable bonds is 9. The Hall–Kier alpha value is -1.40. The van der Waals surface area contributed by atoms with E-state index in [0.717, 1.165) is 48.8 Å². The standard InChI is InChI=1S/C16H27N5S/c1-6-9-19-13(2)7-10-18-11-8-16-20-15(12-22-16)14(3)21(5)17-4/h6,9,18H,4,7-8,10-12H2,1-3,5H3/b9-6-,15-14+,19-13+. The van der Waals surface area contributed by atoms with E-state index in [0.29, 0.717) is 0 Å². The zero-order chi connectivity index (χ0) is 16.4. The van der Waals surface area contributed by atoms with E-state index in [9.17, 15) is 0 Å². The Balaban J connectivity index is 2.31. The molecule has 0 amide bonds. The summed E-state index contributed by atoms with van der Waals surface area (Å²) in [5.74, 6) is 0.927. The van der Waals surface area contributed by atoms with E-state index in [1.54, 1.807) is 5.01 Å². The second-order valence-electron chi connectivity index (χ2n) is 5.09. The maximum Gasteiger partial charge on any atom is 0.0752 e. The van der Waals surface area contributed by atoms with Gasteiger partial charge in [0.1, 0.15) is 0 Å². The molecule has 0 atom stereocenters. The third-order valence-corrected chi connectivity index (χ3v) is 4.42. The van der Waals surface area contributed by atoms with Crippen LogP contribution in [0, 0.1) is 0 Å². The van der Waals surface area contributed by atoms with E-state index in [4.69, 9.17) is 0 Å². The first-order valence-electron chi connectivity index (χ1n) is 7.54. The fraction of sp³-hybridized carbons (Fsp3) is 0.562. The SMILES string of the molecule is C=NN(C)/C(C)=C1\CSC(CCNCC/C(C)=N/C=C\C)=N1. The van der Waals surface area contributed by atoms with Crippen LogP contribution in [0.3, 0.4) is 0 Å². The molecule has 0 aromatic heterocycles. The normalized spacial score (nSPS) is 17.8. The summed E-state index contributed by atoms with van der Waals surface area (Å²) in [4.78, 5) is 9.00. The molecule has 0 aromatic carbocycles. The van der Waals surface area contributed by atoms with Crippen molar-refractivity contribution in [3.63, 3.8) is 0 Å². The number of hydrazone groups is 1. The second kappa shape index (κ2) is 10.3. The van der Waals surface area contributed by atoms with Gasteiger partial charge in [-0.1, -0.05) is 6.08 Å². The number of aliphatic imine (C=N–C) groups is 2. The van der Waals surface area contributed by atoms with Gasteiger partial charge in [0, 0.05) is 50.9 Å². The molecule has 0 saturated carbocycles. The van der Waals surface area contributed by atoms with Crippen molar-refractivity contribution in [2.24, 2.45) is 15.1 Å². The number of nitrogens with zero attached hydrogens (tertiary/aromatic N) is 4. The molecule has 1 N–H and O–H groups in total. The highest BCUT2D eigenvalue weighted by atomic mass is 32.2. The Kier molecular flexibility index (Phi) is 8.77. The lowest BCUT2D eigenvalue weighted by atomic mass is 10.3. The van der Waals surface area contributed by atoms with Crippen LogP contribution in [-0.2, 0) is 0 Å². The van der Waals surface area contributed by atoms with Crippen molar-refractivity contribution in [3.05, 3.63) is 23.7 Å². The van der Waals surface area contributed by atoms with Crippen LogP contribution in [0.1, 0.15) is 33.6 Å². The summed E-state index contributed by atoms with van der Waals surface area (Å²) in [6.45, 7) is 11.5. The van der Waals surface area contributed by atoms with Gasteiger partial charge in [0.15, 0.2) is 0 Å². The van der Waals surface area contributed by atoms with Crippen LogP contribution < -0.4 is 5.32 Å². The molecular weight excluding hydrogens is 294 g/mol. The van der Waals surface area contributed by atoms with Crippen LogP contribution in [0.2, 0.25) is 0 Å². The highest BCUT2D eigenvalue weighted by Crippen LogP contribution is 2.26. The molecule has 0 fully saturated rings. The number of thioether (sulfide) groups is 1. The van der Waals surface area contributed by atoms with Gasteiger partial charge in [-0.3, -0.25) is 10.0 Å². The first-order valence-corrected chi connectivity index (χ1v) is 8.52. The maximum atomic E-state index is 4.69. The van der Waals surface area contributed by atoms with Gasteiger partial charge >= 0.3 is 0 Å². The molecule has 1 rings (SSSR count). The molecule has 6 heteroatoms. The van der Waals surface area contributed by atoms with Gasteiger partial charge in [0.05, 0.1) is 16.4 Å². The van der Waals surface area contributed by atoms with Gasteiger partial charge in [0.25, 0.3) is 0 Å². The van der Waals surface area contributed by atoms with E-state index >= 15 is 0 Å². The summed E-state index contributed by atoms with van der Waals surface area (Å²) in [5.41, 5.74) is 3.32. The van der Waals surface area contributed by atoms with Crippen LogP contribution in [0.15, 0.2) is 38.8 Å². The van der Waals surface area contributed by atoms with E-state index in [-0.39, 0.29) is 0 Å². The lowest BCUT2D eigenvalue weighted by molar-refractivity contribution is 0.446. The molecule has 0 aromatic rings. The van der Waals surface area contributed by atoms with Gasteiger partial charge in [-0.05, 0) is 27.2 Å². The predicted octanol–water partition coefficient (Wildman–Crippen LogP) is 3.27. The Morgan fingerprint density at radius 3 is 2.91 bits per heavy atom. The first-order chi connectivity index (χ1) is 10.6. The average molecular weight is 321 g/mol. The third kappa shape index (κ3) is 6.58. The Labute approximate surface area is 138 Å². The smallest absolute Gasteiger partial charge is 0.0752 e. The molecule has 0 radical (unpaired) electrons. The minimum atomic E-state index is 0.927. The Morgan fingerprint density at radius 1 is 1.45 bits per heavy atom. The van der Waals surface area contributed by atoms with Gasteiger partial charge in [-0.15, -0.1) is 11.8 Å². The van der Waals surface area contributed by atoms with Crippen molar-refractivity contribution in [3.8, 4) is 0 Å². The van der Waals surface area contributed by atoms with Gasteiger partial charge in [0.2, 0.25) is 0 Å². The summed E-state index contributed by atoms with van der Waals surface area (Å²) in [5, 5.41) is 10.3. The molecule has 0 aliphatic carbocycles. The molecule has 1 aliphatic rings. The van der Waals surface area contributed by atoms with Gasteiger partial charge < -0.3 is 5.32 Å². The predicted molar refractivity (Wildman–Crippen MR) is 99.9 cm³/mol. The second-order valence-corrected chi connectivity index (χ2v) is 6.14. The fourth-order valence-electron chi connectivity index (χ4n) is 1.83. The van der Waals surface area contributed by atoms with Crippen molar-refractivity contribution in [2.45, 2.75) is 33.6 Å². The molecular formula is C16H27N5S. The summed E-state index contributed by atoms with van der Waals surface area (Å²) >= 11 is 1.81. The highest BCUT2D eigenvalue weighted by Gasteiger charge is 2.15. The molecule has 5 nitrogen and oxygen atoms in total. The number of nitrogens with one attached hydrogen (secondary N) is 1. The molecule has 1 heterocycles. The van der Waals surface area contributed by atoms with Gasteiger partial charge in [-0.2, -0.15) is 5.10 Å². The maximum absolute atomic E-state index is 4.69.